The number of rotatable bonds is 0. The summed E-state index contributed by atoms with van der Waals surface area (Å²) in [7, 11) is 0. The molecule has 0 aromatic carbocycles. The Morgan fingerprint density at radius 2 is 2.33 bits per heavy atom. The highest BCUT2D eigenvalue weighted by molar-refractivity contribution is 6.11. The first-order valence-corrected chi connectivity index (χ1v) is 2.78. The van der Waals surface area contributed by atoms with Crippen molar-refractivity contribution in [1.82, 2.24) is 10.2 Å². The van der Waals surface area contributed by atoms with Gasteiger partial charge in [0.1, 0.15) is 5.54 Å². The van der Waals surface area contributed by atoms with E-state index < -0.39 is 5.54 Å². The summed E-state index contributed by atoms with van der Waals surface area (Å²) in [5.74, 6) is -0.160. The minimum Gasteiger partial charge on any atom is -0.305 e. The number of fused-ring (bicyclic) bond motifs is 1. The number of imide groups is 1. The molecule has 2 fully saturated rings. The second-order valence-corrected chi connectivity index (χ2v) is 2.62. The van der Waals surface area contributed by atoms with E-state index in [-0.39, 0.29) is 11.9 Å². The highest BCUT2D eigenvalue weighted by atomic mass is 16.2. The molecule has 48 valence electrons. The first-order chi connectivity index (χ1) is 4.14. The maximum absolute atomic E-state index is 10.8. The monoisotopic (exact) mass is 126 g/mol. The molecule has 0 radical (unpaired) electrons. The van der Waals surface area contributed by atoms with Crippen molar-refractivity contribution in [1.29, 1.82) is 0 Å². The Labute approximate surface area is 51.8 Å². The summed E-state index contributed by atoms with van der Waals surface area (Å²) in [4.78, 5) is 22.9. The van der Waals surface area contributed by atoms with Crippen molar-refractivity contribution in [3.05, 3.63) is 0 Å². The lowest BCUT2D eigenvalue weighted by Crippen LogP contribution is -2.30. The molecule has 2 heterocycles. The smallest absolute Gasteiger partial charge is 0.305 e. The minimum absolute atomic E-state index is 0.160. The predicted molar refractivity (Wildman–Crippen MR) is 28.6 cm³/mol. The number of nitrogens with zero attached hydrogens (tertiary/aromatic N) is 1. The normalized spacial score (nSPS) is 38.6. The molecule has 0 bridgehead atoms. The van der Waals surface area contributed by atoms with Gasteiger partial charge in [-0.1, -0.05) is 0 Å². The van der Waals surface area contributed by atoms with Gasteiger partial charge >= 0.3 is 6.03 Å². The zero-order valence-corrected chi connectivity index (χ0v) is 4.97. The van der Waals surface area contributed by atoms with Gasteiger partial charge < -0.3 is 4.90 Å². The fraction of sp³-hybridized carbons (Fsp3) is 0.600. The Balaban J connectivity index is 2.38. The number of hydrogen-bond donors (Lipinski definition) is 1. The van der Waals surface area contributed by atoms with Gasteiger partial charge in [-0.3, -0.25) is 10.1 Å². The van der Waals surface area contributed by atoms with Crippen LogP contribution in [0, 0.1) is 0 Å². The van der Waals surface area contributed by atoms with Crippen LogP contribution in [0.3, 0.4) is 0 Å². The van der Waals surface area contributed by atoms with E-state index in [9.17, 15) is 9.59 Å². The average Bonchev–Trinajstić information content (AvgIpc) is 2.38. The highest BCUT2D eigenvalue weighted by Crippen LogP contribution is 2.35. The molecular formula is C5H6N2O2. The van der Waals surface area contributed by atoms with E-state index in [0.29, 0.717) is 6.54 Å². The summed E-state index contributed by atoms with van der Waals surface area (Å²) in [6.45, 7) is 2.35. The number of hydrogen-bond acceptors (Lipinski definition) is 2. The fourth-order valence-corrected chi connectivity index (χ4v) is 1.06. The molecule has 9 heavy (non-hydrogen) atoms. The topological polar surface area (TPSA) is 49.2 Å². The van der Waals surface area contributed by atoms with Crippen LogP contribution in [0.2, 0.25) is 0 Å². The molecule has 1 N–H and O–H groups in total. The maximum atomic E-state index is 10.8. The molecule has 4 heteroatoms. The molecule has 2 aliphatic heterocycles. The van der Waals surface area contributed by atoms with Crippen LogP contribution < -0.4 is 5.32 Å². The number of nitrogens with one attached hydrogen (secondary N) is 1. The Hall–Kier alpha value is -1.06. The Bertz CT molecular complexity index is 213. The van der Waals surface area contributed by atoms with E-state index in [1.165, 1.54) is 4.90 Å². The lowest BCUT2D eigenvalue weighted by atomic mass is 10.2. The van der Waals surface area contributed by atoms with Crippen LogP contribution in [0.5, 0.6) is 0 Å². The van der Waals surface area contributed by atoms with E-state index >= 15 is 0 Å². The third kappa shape index (κ3) is 0.352. The first-order valence-electron chi connectivity index (χ1n) is 2.78. The average molecular weight is 126 g/mol. The Kier molecular flexibility index (Phi) is 0.512. The van der Waals surface area contributed by atoms with Crippen LogP contribution in [-0.2, 0) is 4.79 Å². The van der Waals surface area contributed by atoms with E-state index in [1.807, 2.05) is 0 Å². The van der Waals surface area contributed by atoms with Crippen molar-refractivity contribution in [2.75, 3.05) is 6.54 Å². The Morgan fingerprint density at radius 3 is 2.44 bits per heavy atom. The van der Waals surface area contributed by atoms with E-state index in [0.717, 1.165) is 0 Å². The first kappa shape index (κ1) is 4.78. The molecule has 0 aromatic heterocycles. The molecule has 1 atom stereocenters. The second kappa shape index (κ2) is 0.964. The van der Waals surface area contributed by atoms with Gasteiger partial charge in [-0.2, -0.15) is 0 Å². The molecule has 0 unspecified atom stereocenters. The summed E-state index contributed by atoms with van der Waals surface area (Å²) >= 11 is 0. The standard InChI is InChI=1S/C5H6N2O2/c1-5-2-7(5)4(9)6-3(5)8/h2H2,1H3,(H,6,8,9)/t5-,7?/m1/s1. The fourth-order valence-electron chi connectivity index (χ4n) is 1.06. The third-order valence-corrected chi connectivity index (χ3v) is 1.91. The van der Waals surface area contributed by atoms with Gasteiger partial charge in [0.05, 0.1) is 6.54 Å². The van der Waals surface area contributed by atoms with Crippen LogP contribution in [0.4, 0.5) is 4.79 Å². The lowest BCUT2D eigenvalue weighted by molar-refractivity contribution is -0.121. The quantitative estimate of drug-likeness (QED) is 0.345. The molecular weight excluding hydrogens is 120 g/mol. The SMILES string of the molecule is C[C@]12CN1C(=O)NC2=O. The number of carbonyl (C=O) groups is 2. The highest BCUT2D eigenvalue weighted by Gasteiger charge is 2.62. The van der Waals surface area contributed by atoms with Gasteiger partial charge in [-0.25, -0.2) is 4.79 Å². The zero-order chi connectivity index (χ0) is 6.65. The van der Waals surface area contributed by atoms with Crippen LogP contribution in [0.25, 0.3) is 0 Å². The van der Waals surface area contributed by atoms with Crippen molar-refractivity contribution >= 4 is 11.9 Å². The molecule has 2 saturated heterocycles. The lowest BCUT2D eigenvalue weighted by Gasteiger charge is -1.92. The summed E-state index contributed by atoms with van der Waals surface area (Å²) in [6.07, 6.45) is 0. The van der Waals surface area contributed by atoms with Crippen molar-refractivity contribution < 1.29 is 9.59 Å². The van der Waals surface area contributed by atoms with Gasteiger partial charge in [0.2, 0.25) is 0 Å². The van der Waals surface area contributed by atoms with Crippen molar-refractivity contribution in [3.8, 4) is 0 Å². The number of amides is 3. The van der Waals surface area contributed by atoms with Gasteiger partial charge in [-0.05, 0) is 6.92 Å². The van der Waals surface area contributed by atoms with Crippen molar-refractivity contribution in [2.24, 2.45) is 0 Å². The van der Waals surface area contributed by atoms with Crippen molar-refractivity contribution in [2.45, 2.75) is 12.5 Å². The molecule has 4 nitrogen and oxygen atoms in total. The largest absolute Gasteiger partial charge is 0.325 e. The minimum atomic E-state index is -0.475. The number of carbonyl (C=O) groups excluding carboxylic acids is 2. The van der Waals surface area contributed by atoms with Gasteiger partial charge in [0, 0.05) is 0 Å². The maximum Gasteiger partial charge on any atom is 0.325 e. The van der Waals surface area contributed by atoms with Gasteiger partial charge in [0.15, 0.2) is 0 Å². The van der Waals surface area contributed by atoms with E-state index in [2.05, 4.69) is 5.32 Å². The van der Waals surface area contributed by atoms with E-state index in [4.69, 9.17) is 0 Å². The number of urea groups is 1. The summed E-state index contributed by atoms with van der Waals surface area (Å²) in [5.41, 5.74) is -0.475. The van der Waals surface area contributed by atoms with Crippen LogP contribution in [-0.4, -0.2) is 28.9 Å². The van der Waals surface area contributed by atoms with Crippen LogP contribution in [0.1, 0.15) is 6.92 Å². The van der Waals surface area contributed by atoms with Crippen molar-refractivity contribution in [3.63, 3.8) is 0 Å². The molecule has 0 saturated carbocycles. The summed E-state index contributed by atoms with van der Waals surface area (Å²) < 4.78 is 0. The molecule has 0 aliphatic carbocycles. The molecule has 2 rings (SSSR count). The molecule has 3 amide bonds. The molecule has 2 aliphatic rings. The predicted octanol–water partition coefficient (Wildman–Crippen LogP) is -0.690. The summed E-state index contributed by atoms with van der Waals surface area (Å²) in [6, 6.07) is -0.248. The van der Waals surface area contributed by atoms with Gasteiger partial charge in [0.25, 0.3) is 5.91 Å². The Morgan fingerprint density at radius 1 is 1.67 bits per heavy atom. The molecule has 0 aromatic rings. The zero-order valence-electron chi connectivity index (χ0n) is 4.97. The van der Waals surface area contributed by atoms with Crippen LogP contribution in [0.15, 0.2) is 0 Å². The second-order valence-electron chi connectivity index (χ2n) is 2.62. The molecule has 0 spiro atoms. The summed E-state index contributed by atoms with van der Waals surface area (Å²) in [5, 5.41) is 2.20. The third-order valence-electron chi connectivity index (χ3n) is 1.91. The van der Waals surface area contributed by atoms with Gasteiger partial charge in [-0.15, -0.1) is 0 Å². The van der Waals surface area contributed by atoms with Crippen LogP contribution >= 0.6 is 0 Å². The van der Waals surface area contributed by atoms with E-state index in [1.54, 1.807) is 6.92 Å².